The number of Topliss-reactive ketones (excluding diaryl/α,β-unsaturated/α-hetero) is 1. The van der Waals surface area contributed by atoms with Crippen molar-refractivity contribution in [3.8, 4) is 0 Å². The molecule has 0 fully saturated rings. The molecule has 172 valence electrons. The summed E-state index contributed by atoms with van der Waals surface area (Å²) in [4.78, 5) is 36.4. The molecule has 34 heavy (non-hydrogen) atoms. The lowest BCUT2D eigenvalue weighted by atomic mass is 10.1. The molecule has 0 atom stereocenters. The summed E-state index contributed by atoms with van der Waals surface area (Å²) in [5.74, 6) is -1.77. The number of ketones is 1. The number of carbonyl (C=O) groups excluding carboxylic acids is 3. The van der Waals surface area contributed by atoms with Crippen LogP contribution in [0.5, 0.6) is 0 Å². The van der Waals surface area contributed by atoms with E-state index in [1.807, 2.05) is 24.5 Å². The fourth-order valence-corrected chi connectivity index (χ4v) is 3.15. The molecule has 4 rings (SSSR count). The number of rotatable bonds is 10. The van der Waals surface area contributed by atoms with Gasteiger partial charge in [0.2, 0.25) is 5.78 Å². The summed E-state index contributed by atoms with van der Waals surface area (Å²) in [5, 5.41) is 8.27. The fraction of sp³-hybridized carbons (Fsp3) is 0.160. The van der Waals surface area contributed by atoms with Crippen LogP contribution in [-0.4, -0.2) is 50.5 Å². The van der Waals surface area contributed by atoms with Gasteiger partial charge in [0.1, 0.15) is 0 Å². The van der Waals surface area contributed by atoms with Crippen LogP contribution >= 0.6 is 0 Å². The Morgan fingerprint density at radius 1 is 0.647 bits per heavy atom. The van der Waals surface area contributed by atoms with Crippen LogP contribution in [0.1, 0.15) is 31.8 Å². The topological polar surface area (TPSA) is 105 Å². The molecule has 2 aromatic carbocycles. The molecule has 4 aromatic rings. The van der Waals surface area contributed by atoms with E-state index in [-0.39, 0.29) is 0 Å². The molecule has 9 heteroatoms. The Morgan fingerprint density at radius 3 is 1.41 bits per heavy atom. The van der Waals surface area contributed by atoms with Gasteiger partial charge in [0.25, 0.3) is 0 Å². The summed E-state index contributed by atoms with van der Waals surface area (Å²) in [6.07, 6.45) is 7.08. The predicted octanol–water partition coefficient (Wildman–Crippen LogP) is 2.76. The highest BCUT2D eigenvalue weighted by Crippen LogP contribution is 2.09. The molecular weight excluding hydrogens is 436 g/mol. The van der Waals surface area contributed by atoms with Gasteiger partial charge in [-0.15, -0.1) is 0 Å². The molecule has 0 saturated heterocycles. The second kappa shape index (κ2) is 10.9. The largest absolute Gasteiger partial charge is 0.454 e. The maximum atomic E-state index is 12.2. The molecule has 0 amide bonds. The summed E-state index contributed by atoms with van der Waals surface area (Å²) < 4.78 is 13.6. The van der Waals surface area contributed by atoms with Gasteiger partial charge in [0.15, 0.2) is 13.2 Å². The van der Waals surface area contributed by atoms with Gasteiger partial charge in [-0.05, 0) is 47.5 Å². The zero-order valence-corrected chi connectivity index (χ0v) is 18.2. The number of nitrogens with zero attached hydrogens (tertiary/aromatic N) is 4. The third kappa shape index (κ3) is 6.26. The van der Waals surface area contributed by atoms with Gasteiger partial charge in [0.05, 0.1) is 24.2 Å². The van der Waals surface area contributed by atoms with Gasteiger partial charge in [-0.1, -0.05) is 24.3 Å². The molecule has 0 N–H and O–H groups in total. The van der Waals surface area contributed by atoms with E-state index in [0.29, 0.717) is 24.2 Å². The zero-order chi connectivity index (χ0) is 23.8. The predicted molar refractivity (Wildman–Crippen MR) is 121 cm³/mol. The summed E-state index contributed by atoms with van der Waals surface area (Å²) in [6.45, 7) is 0.201. The summed E-state index contributed by atoms with van der Waals surface area (Å²) in [7, 11) is 0. The second-order valence-corrected chi connectivity index (χ2v) is 7.49. The van der Waals surface area contributed by atoms with Crippen molar-refractivity contribution in [2.24, 2.45) is 0 Å². The lowest BCUT2D eigenvalue weighted by Gasteiger charge is -2.07. The monoisotopic (exact) mass is 458 g/mol. The molecule has 0 unspecified atom stereocenters. The van der Waals surface area contributed by atoms with Crippen molar-refractivity contribution in [2.75, 3.05) is 13.2 Å². The van der Waals surface area contributed by atoms with Crippen molar-refractivity contribution in [1.29, 1.82) is 0 Å². The quantitative estimate of drug-likeness (QED) is 0.337. The number of hydrogen-bond donors (Lipinski definition) is 0. The summed E-state index contributed by atoms with van der Waals surface area (Å²) in [5.41, 5.74) is 2.59. The average molecular weight is 458 g/mol. The number of esters is 2. The Bertz CT molecular complexity index is 1130. The standard InChI is InChI=1S/C25H22N4O5/c30-23(17-33-24(31)21-7-3-19(4-8-21)15-28-13-1-11-26-28)18-34-25(32)22-9-5-20(6-10-22)16-29-14-2-12-27-29/h1-14H,15-18H2. The maximum absolute atomic E-state index is 12.2. The zero-order valence-electron chi connectivity index (χ0n) is 18.2. The highest BCUT2D eigenvalue weighted by Gasteiger charge is 2.14. The van der Waals surface area contributed by atoms with Crippen LogP contribution in [0.3, 0.4) is 0 Å². The normalized spacial score (nSPS) is 10.6. The van der Waals surface area contributed by atoms with E-state index in [9.17, 15) is 14.4 Å². The molecule has 9 nitrogen and oxygen atoms in total. The highest BCUT2D eigenvalue weighted by molar-refractivity contribution is 5.94. The first-order valence-electron chi connectivity index (χ1n) is 10.6. The molecule has 0 saturated carbocycles. The Morgan fingerprint density at radius 2 is 1.06 bits per heavy atom. The molecule has 2 heterocycles. The van der Waals surface area contributed by atoms with Gasteiger partial charge in [-0.2, -0.15) is 10.2 Å². The molecule has 0 aliphatic carbocycles. The molecule has 2 aromatic heterocycles. The maximum Gasteiger partial charge on any atom is 0.338 e. The first kappa shape index (κ1) is 22.7. The fourth-order valence-electron chi connectivity index (χ4n) is 3.15. The van der Waals surface area contributed by atoms with E-state index >= 15 is 0 Å². The third-order valence-corrected chi connectivity index (χ3v) is 4.92. The number of ether oxygens (including phenoxy) is 2. The van der Waals surface area contributed by atoms with Gasteiger partial charge >= 0.3 is 11.9 Å². The van der Waals surface area contributed by atoms with Crippen LogP contribution in [0.2, 0.25) is 0 Å². The Kier molecular flexibility index (Phi) is 7.24. The Labute approximate surface area is 195 Å². The average Bonchev–Trinajstić information content (AvgIpc) is 3.56. The number of benzene rings is 2. The van der Waals surface area contributed by atoms with E-state index < -0.39 is 30.9 Å². The molecular formula is C25H22N4O5. The number of hydrogen-bond acceptors (Lipinski definition) is 7. The van der Waals surface area contributed by atoms with Crippen molar-refractivity contribution in [3.63, 3.8) is 0 Å². The number of carbonyl (C=O) groups is 3. The molecule has 0 aliphatic rings. The van der Waals surface area contributed by atoms with E-state index in [4.69, 9.17) is 9.47 Å². The molecule has 0 aliphatic heterocycles. The van der Waals surface area contributed by atoms with Crippen LogP contribution in [0, 0.1) is 0 Å². The summed E-state index contributed by atoms with van der Waals surface area (Å²) in [6, 6.07) is 17.3. The van der Waals surface area contributed by atoms with E-state index in [0.717, 1.165) is 11.1 Å². The van der Waals surface area contributed by atoms with Gasteiger partial charge in [-0.3, -0.25) is 14.2 Å². The van der Waals surface area contributed by atoms with Crippen LogP contribution in [-0.2, 0) is 27.4 Å². The minimum Gasteiger partial charge on any atom is -0.454 e. The lowest BCUT2D eigenvalue weighted by Crippen LogP contribution is -2.20. The van der Waals surface area contributed by atoms with Gasteiger partial charge < -0.3 is 9.47 Å². The van der Waals surface area contributed by atoms with Crippen molar-refractivity contribution in [2.45, 2.75) is 13.1 Å². The van der Waals surface area contributed by atoms with E-state index in [2.05, 4.69) is 10.2 Å². The molecule has 0 spiro atoms. The molecule has 0 radical (unpaired) electrons. The van der Waals surface area contributed by atoms with Crippen molar-refractivity contribution in [3.05, 3.63) is 108 Å². The Balaban J connectivity index is 1.19. The van der Waals surface area contributed by atoms with Crippen LogP contribution in [0.25, 0.3) is 0 Å². The Hall–Kier alpha value is -4.53. The van der Waals surface area contributed by atoms with Crippen molar-refractivity contribution < 1.29 is 23.9 Å². The van der Waals surface area contributed by atoms with E-state index in [1.165, 1.54) is 0 Å². The van der Waals surface area contributed by atoms with Gasteiger partial charge in [0, 0.05) is 24.8 Å². The SMILES string of the molecule is O=C(COC(=O)c1ccc(Cn2cccn2)cc1)COC(=O)c1ccc(Cn2cccn2)cc1. The van der Waals surface area contributed by atoms with Gasteiger partial charge in [-0.25, -0.2) is 9.59 Å². The minimum absolute atomic E-state index is 0.323. The smallest absolute Gasteiger partial charge is 0.338 e. The summed E-state index contributed by atoms with van der Waals surface area (Å²) >= 11 is 0. The number of aromatic nitrogens is 4. The lowest BCUT2D eigenvalue weighted by molar-refractivity contribution is -0.125. The van der Waals surface area contributed by atoms with Crippen LogP contribution in [0.15, 0.2) is 85.5 Å². The van der Waals surface area contributed by atoms with Crippen molar-refractivity contribution in [1.82, 2.24) is 19.6 Å². The van der Waals surface area contributed by atoms with Crippen LogP contribution in [0.4, 0.5) is 0 Å². The highest BCUT2D eigenvalue weighted by atomic mass is 16.6. The molecule has 0 bridgehead atoms. The third-order valence-electron chi connectivity index (χ3n) is 4.92. The first-order chi connectivity index (χ1) is 16.6. The van der Waals surface area contributed by atoms with Crippen molar-refractivity contribution >= 4 is 17.7 Å². The van der Waals surface area contributed by atoms with Crippen LogP contribution < -0.4 is 0 Å². The minimum atomic E-state index is -0.627. The van der Waals surface area contributed by atoms with E-state index in [1.54, 1.807) is 70.3 Å². The first-order valence-corrected chi connectivity index (χ1v) is 10.6. The second-order valence-electron chi connectivity index (χ2n) is 7.49.